The number of nitrogens with zero attached hydrogens (tertiary/aromatic N) is 1. The van der Waals surface area contributed by atoms with Gasteiger partial charge in [0.05, 0.1) is 36.8 Å². The molecule has 53 heavy (non-hydrogen) atoms. The molecule has 0 spiro atoms. The molecule has 0 unspecified atom stereocenters. The molecule has 2 atom stereocenters. The summed E-state index contributed by atoms with van der Waals surface area (Å²) in [5.41, 5.74) is 1.05. The minimum atomic E-state index is -4.32. The van der Waals surface area contributed by atoms with Crippen molar-refractivity contribution in [2.24, 2.45) is 5.92 Å². The summed E-state index contributed by atoms with van der Waals surface area (Å²) in [6.45, 7) is 2.37. The van der Waals surface area contributed by atoms with Crippen LogP contribution in [0.1, 0.15) is 65.1 Å². The van der Waals surface area contributed by atoms with Crippen molar-refractivity contribution < 1.29 is 41.7 Å². The van der Waals surface area contributed by atoms with Gasteiger partial charge in [-0.2, -0.15) is 4.31 Å². The summed E-state index contributed by atoms with van der Waals surface area (Å²) in [4.78, 5) is 27.4. The van der Waals surface area contributed by atoms with Gasteiger partial charge in [-0.15, -0.1) is 11.3 Å². The van der Waals surface area contributed by atoms with Crippen LogP contribution in [0.2, 0.25) is 0 Å². The first kappa shape index (κ1) is 40.0. The number of benzene rings is 3. The van der Waals surface area contributed by atoms with Gasteiger partial charge in [-0.1, -0.05) is 72.8 Å². The summed E-state index contributed by atoms with van der Waals surface area (Å²) < 4.78 is 62.2. The summed E-state index contributed by atoms with van der Waals surface area (Å²) in [5, 5.41) is 26.6. The Labute approximate surface area is 312 Å². The number of hydrogen-bond acceptors (Lipinski definition) is 8. The van der Waals surface area contributed by atoms with Gasteiger partial charge in [-0.05, 0) is 60.7 Å². The molecule has 14 heteroatoms. The predicted molar refractivity (Wildman–Crippen MR) is 198 cm³/mol. The van der Waals surface area contributed by atoms with Crippen molar-refractivity contribution in [3.05, 3.63) is 124 Å². The van der Waals surface area contributed by atoms with Gasteiger partial charge in [-0.3, -0.25) is 4.79 Å². The summed E-state index contributed by atoms with van der Waals surface area (Å²) in [7, 11) is -3.11. The second-order valence-electron chi connectivity index (χ2n) is 14.0. The molecule has 0 radical (unpaired) electrons. The molecule has 4 N–H and O–H groups in total. The normalized spacial score (nSPS) is 15.8. The minimum Gasteiger partial charge on any atom is -0.453 e. The van der Waals surface area contributed by atoms with Crippen molar-refractivity contribution in [1.29, 1.82) is 0 Å². The van der Waals surface area contributed by atoms with Crippen LogP contribution < -0.4 is 10.6 Å². The Morgan fingerprint density at radius 2 is 1.60 bits per heavy atom. The summed E-state index contributed by atoms with van der Waals surface area (Å²) in [6.07, 6.45) is -1.54. The monoisotopic (exact) mass is 769 g/mol. The quantitative estimate of drug-likeness (QED) is 0.109. The molecule has 1 saturated carbocycles. The lowest BCUT2D eigenvalue weighted by Gasteiger charge is -2.39. The van der Waals surface area contributed by atoms with Gasteiger partial charge in [0.2, 0.25) is 21.9 Å². The van der Waals surface area contributed by atoms with E-state index in [4.69, 9.17) is 4.74 Å². The zero-order chi connectivity index (χ0) is 38.4. The van der Waals surface area contributed by atoms with Crippen LogP contribution in [0.25, 0.3) is 0 Å². The first-order chi connectivity index (χ1) is 25.1. The van der Waals surface area contributed by atoms with Crippen molar-refractivity contribution in [1.82, 2.24) is 14.9 Å². The van der Waals surface area contributed by atoms with Gasteiger partial charge in [0.25, 0.3) is 0 Å². The molecule has 0 saturated heterocycles. The first-order valence-electron chi connectivity index (χ1n) is 17.2. The van der Waals surface area contributed by atoms with Crippen LogP contribution in [0.15, 0.2) is 102 Å². The van der Waals surface area contributed by atoms with Gasteiger partial charge in [-0.25, -0.2) is 22.0 Å². The average molecular weight is 770 g/mol. The number of sulfonamides is 1. The van der Waals surface area contributed by atoms with Crippen LogP contribution in [0.4, 0.5) is 13.6 Å². The fraction of sp³-hybridized carbons (Fsp3) is 0.385. The maximum absolute atomic E-state index is 14.2. The zero-order valence-electron chi connectivity index (χ0n) is 29.7. The molecular weight excluding hydrogens is 725 g/mol. The molecule has 4 aromatic rings. The molecule has 1 heterocycles. The molecule has 0 bridgehead atoms. The lowest BCUT2D eigenvalue weighted by Crippen LogP contribution is -2.50. The Hall–Kier alpha value is -4.21. The first-order valence-corrected chi connectivity index (χ1v) is 19.5. The zero-order valence-corrected chi connectivity index (χ0v) is 31.4. The SMILES string of the molecule is COC(=O)N[C@H](C(=O)NCc1ccc([C@@H](CO)N(CC2CC(F)(F)C2)S(=O)(=O)c2cccc(CC(C)(C)O)c2)s1)C(c1ccccc1)c1ccccc1. The highest BCUT2D eigenvalue weighted by atomic mass is 32.2. The van der Waals surface area contributed by atoms with E-state index in [0.717, 1.165) is 15.4 Å². The number of amides is 2. The topological polar surface area (TPSA) is 145 Å². The highest BCUT2D eigenvalue weighted by Gasteiger charge is 2.48. The number of alkyl halides is 2. The van der Waals surface area contributed by atoms with E-state index in [2.05, 4.69) is 10.6 Å². The van der Waals surface area contributed by atoms with E-state index >= 15 is 0 Å². The number of ether oxygens (including phenoxy) is 1. The summed E-state index contributed by atoms with van der Waals surface area (Å²) in [6, 6.07) is 25.8. The highest BCUT2D eigenvalue weighted by molar-refractivity contribution is 7.89. The van der Waals surface area contributed by atoms with Gasteiger partial charge >= 0.3 is 6.09 Å². The number of hydrogen-bond donors (Lipinski definition) is 4. The molecule has 1 aliphatic rings. The number of alkyl carbamates (subject to hydrolysis) is 1. The Morgan fingerprint density at radius 3 is 2.15 bits per heavy atom. The van der Waals surface area contributed by atoms with E-state index in [1.807, 2.05) is 60.7 Å². The van der Waals surface area contributed by atoms with Crippen molar-refractivity contribution in [2.75, 3.05) is 20.3 Å². The second kappa shape index (κ2) is 16.9. The van der Waals surface area contributed by atoms with E-state index in [1.165, 1.54) is 30.6 Å². The molecule has 1 aliphatic carbocycles. The Morgan fingerprint density at radius 1 is 0.981 bits per heavy atom. The molecule has 5 rings (SSSR count). The number of rotatable bonds is 16. The number of aliphatic hydroxyl groups is 2. The smallest absolute Gasteiger partial charge is 0.407 e. The van der Waals surface area contributed by atoms with Crippen molar-refractivity contribution in [3.8, 4) is 0 Å². The van der Waals surface area contributed by atoms with E-state index < -0.39 is 76.9 Å². The number of aliphatic hydroxyl groups excluding tert-OH is 1. The fourth-order valence-electron chi connectivity index (χ4n) is 6.67. The lowest BCUT2D eigenvalue weighted by molar-refractivity contribution is -0.123. The second-order valence-corrected chi connectivity index (χ2v) is 17.1. The number of thiophene rings is 1. The third kappa shape index (κ3) is 10.3. The van der Waals surface area contributed by atoms with Crippen LogP contribution in [0.3, 0.4) is 0 Å². The molecule has 10 nitrogen and oxygen atoms in total. The average Bonchev–Trinajstić information content (AvgIpc) is 3.58. The van der Waals surface area contributed by atoms with E-state index in [9.17, 15) is 37.0 Å². The van der Waals surface area contributed by atoms with Crippen LogP contribution in [-0.4, -0.2) is 72.8 Å². The number of carbonyl (C=O) groups excluding carboxylic acids is 2. The molecular formula is C39H45F2N3O7S2. The van der Waals surface area contributed by atoms with Crippen LogP contribution in [0, 0.1) is 5.92 Å². The Balaban J connectivity index is 1.40. The van der Waals surface area contributed by atoms with E-state index in [0.29, 0.717) is 15.3 Å². The highest BCUT2D eigenvalue weighted by Crippen LogP contribution is 2.45. The van der Waals surface area contributed by atoms with Crippen molar-refractivity contribution in [3.63, 3.8) is 0 Å². The predicted octanol–water partition coefficient (Wildman–Crippen LogP) is 6.00. The largest absolute Gasteiger partial charge is 0.453 e. The van der Waals surface area contributed by atoms with E-state index in [1.54, 1.807) is 38.1 Å². The summed E-state index contributed by atoms with van der Waals surface area (Å²) in [5.74, 6) is -4.57. The van der Waals surface area contributed by atoms with Crippen molar-refractivity contribution >= 4 is 33.4 Å². The summed E-state index contributed by atoms with van der Waals surface area (Å²) >= 11 is 1.17. The molecule has 1 fully saturated rings. The molecule has 2 amide bonds. The standard InChI is InChI=1S/C39H45F2N3O7S2/c1-38(2,48)20-26-11-10-16-31(19-26)53(49,50)44(24-27-21-39(40,41)22-27)32(25-45)33-18-17-30(52-33)23-42-36(46)35(43-37(47)51-3)34(28-12-6-4-7-13-28)29-14-8-5-9-15-29/h4-19,27,32,34-35,45,48H,20-25H2,1-3H3,(H,42,46)(H,43,47)/t32-,35+/m1/s1. The lowest BCUT2D eigenvalue weighted by atomic mass is 9.81. The van der Waals surface area contributed by atoms with Gasteiger partial charge in [0, 0.05) is 41.5 Å². The minimum absolute atomic E-state index is 0.0118. The number of methoxy groups -OCH3 is 1. The van der Waals surface area contributed by atoms with Crippen LogP contribution in [0.5, 0.6) is 0 Å². The van der Waals surface area contributed by atoms with Gasteiger partial charge in [0.1, 0.15) is 6.04 Å². The third-order valence-electron chi connectivity index (χ3n) is 9.11. The maximum atomic E-state index is 14.2. The molecule has 0 aliphatic heterocycles. The fourth-order valence-corrected chi connectivity index (χ4v) is 9.54. The molecule has 1 aromatic heterocycles. The van der Waals surface area contributed by atoms with E-state index in [-0.39, 0.29) is 24.4 Å². The number of halogens is 2. The van der Waals surface area contributed by atoms with Gasteiger partial charge < -0.3 is 25.6 Å². The third-order valence-corrected chi connectivity index (χ3v) is 12.2. The number of nitrogens with one attached hydrogen (secondary N) is 2. The van der Waals surface area contributed by atoms with Crippen molar-refractivity contribution in [2.45, 2.75) is 74.1 Å². The maximum Gasteiger partial charge on any atom is 0.407 e. The molecule has 3 aromatic carbocycles. The Kier molecular flexibility index (Phi) is 12.7. The van der Waals surface area contributed by atoms with Crippen LogP contribution >= 0.6 is 11.3 Å². The Bertz CT molecular complexity index is 1910. The molecule has 284 valence electrons. The number of carbonyl (C=O) groups is 2. The van der Waals surface area contributed by atoms with Crippen LogP contribution in [-0.2, 0) is 32.5 Å². The van der Waals surface area contributed by atoms with Gasteiger partial charge in [0.15, 0.2) is 0 Å².